The fourth-order valence-electron chi connectivity index (χ4n) is 3.36. The number of hydrogen-bond donors (Lipinski definition) is 2. The Morgan fingerprint density at radius 2 is 1.62 bits per heavy atom. The Morgan fingerprint density at radius 3 is 2.34 bits per heavy atom. The highest BCUT2D eigenvalue weighted by Gasteiger charge is 2.30. The van der Waals surface area contributed by atoms with Gasteiger partial charge in [-0.05, 0) is 48.4 Å². The highest BCUT2D eigenvalue weighted by atomic mass is 19.4. The molecule has 164 valence electrons. The Morgan fingerprint density at radius 1 is 0.938 bits per heavy atom. The van der Waals surface area contributed by atoms with Gasteiger partial charge in [0, 0.05) is 16.9 Å². The fourth-order valence-corrected chi connectivity index (χ4v) is 3.36. The van der Waals surface area contributed by atoms with Crippen LogP contribution in [0.25, 0.3) is 0 Å². The topological polar surface area (TPSA) is 62.7 Å². The summed E-state index contributed by atoms with van der Waals surface area (Å²) in [6.45, 7) is 0.470. The number of hydrogen-bond acceptors (Lipinski definition) is 3. The van der Waals surface area contributed by atoms with Gasteiger partial charge in [0.1, 0.15) is 6.61 Å². The molecule has 0 bridgehead atoms. The van der Waals surface area contributed by atoms with Crippen LogP contribution in [0.15, 0.2) is 83.9 Å². The van der Waals surface area contributed by atoms with E-state index in [2.05, 4.69) is 15.6 Å². The molecule has 1 atom stereocenters. The van der Waals surface area contributed by atoms with Crippen molar-refractivity contribution in [1.82, 2.24) is 0 Å². The molecule has 5 nitrogen and oxygen atoms in total. The predicted octanol–water partition coefficient (Wildman–Crippen LogP) is 5.74. The summed E-state index contributed by atoms with van der Waals surface area (Å²) in [6.07, 6.45) is -3.72. The van der Waals surface area contributed by atoms with Crippen LogP contribution in [0, 0.1) is 0 Å². The van der Waals surface area contributed by atoms with Crippen molar-refractivity contribution in [3.8, 4) is 0 Å². The van der Waals surface area contributed by atoms with E-state index in [1.165, 1.54) is 17.7 Å². The van der Waals surface area contributed by atoms with Gasteiger partial charge in [0.15, 0.2) is 0 Å². The molecule has 1 heterocycles. The highest BCUT2D eigenvalue weighted by Crippen LogP contribution is 2.30. The summed E-state index contributed by atoms with van der Waals surface area (Å²) in [7, 11) is 0. The fraction of sp³-hybridized carbons (Fsp3) is 0.167. The van der Waals surface area contributed by atoms with Gasteiger partial charge < -0.3 is 15.4 Å². The van der Waals surface area contributed by atoms with E-state index < -0.39 is 17.8 Å². The molecule has 32 heavy (non-hydrogen) atoms. The summed E-state index contributed by atoms with van der Waals surface area (Å²) in [5.74, 6) is 0.493. The number of ether oxygens (including phenoxy) is 1. The first-order chi connectivity index (χ1) is 15.4. The third kappa shape index (κ3) is 5.46. The molecule has 0 aromatic heterocycles. The summed E-state index contributed by atoms with van der Waals surface area (Å²) >= 11 is 0. The minimum atomic E-state index is -4.48. The first kappa shape index (κ1) is 21.4. The van der Waals surface area contributed by atoms with Crippen LogP contribution in [0.1, 0.15) is 16.7 Å². The van der Waals surface area contributed by atoms with Crippen LogP contribution in [0.4, 0.5) is 29.3 Å². The molecule has 0 saturated carbocycles. The minimum Gasteiger partial charge on any atom is -0.475 e. The molecule has 0 fully saturated rings. The smallest absolute Gasteiger partial charge is 0.416 e. The van der Waals surface area contributed by atoms with E-state index >= 15 is 0 Å². The van der Waals surface area contributed by atoms with E-state index in [0.29, 0.717) is 23.8 Å². The van der Waals surface area contributed by atoms with Crippen molar-refractivity contribution >= 4 is 23.3 Å². The molecule has 1 aliphatic rings. The maximum Gasteiger partial charge on any atom is 0.416 e. The SMILES string of the molecule is O=C(Nc1cccc(C2=N[C@@H](Cc3ccccc3)CO2)c1)Nc1cccc(C(F)(F)F)c1. The summed E-state index contributed by atoms with van der Waals surface area (Å²) in [5.41, 5.74) is 1.55. The number of nitrogens with zero attached hydrogens (tertiary/aromatic N) is 1. The zero-order valence-corrected chi connectivity index (χ0v) is 16.9. The van der Waals surface area contributed by atoms with Crippen LogP contribution in [0.5, 0.6) is 0 Å². The predicted molar refractivity (Wildman–Crippen MR) is 117 cm³/mol. The van der Waals surface area contributed by atoms with Gasteiger partial charge in [0.25, 0.3) is 0 Å². The number of halogens is 3. The Balaban J connectivity index is 1.40. The van der Waals surface area contributed by atoms with E-state index in [4.69, 9.17) is 4.74 Å². The molecular formula is C24H20F3N3O2. The number of anilines is 2. The van der Waals surface area contributed by atoms with Crippen molar-refractivity contribution in [2.75, 3.05) is 17.2 Å². The number of rotatable bonds is 5. The quantitative estimate of drug-likeness (QED) is 0.533. The number of urea groups is 1. The number of amides is 2. The number of alkyl halides is 3. The second-order valence-corrected chi connectivity index (χ2v) is 7.33. The Labute approximate surface area is 182 Å². The Kier molecular flexibility index (Phi) is 6.11. The largest absolute Gasteiger partial charge is 0.475 e. The number of benzene rings is 3. The lowest BCUT2D eigenvalue weighted by atomic mass is 10.1. The van der Waals surface area contributed by atoms with Crippen LogP contribution in [-0.2, 0) is 17.3 Å². The van der Waals surface area contributed by atoms with E-state index in [-0.39, 0.29) is 11.7 Å². The Hall–Kier alpha value is -3.81. The number of aliphatic imine (C=N–C) groups is 1. The second kappa shape index (κ2) is 9.13. The van der Waals surface area contributed by atoms with Gasteiger partial charge in [-0.3, -0.25) is 0 Å². The van der Waals surface area contributed by atoms with E-state index in [1.807, 2.05) is 36.4 Å². The van der Waals surface area contributed by atoms with E-state index in [1.54, 1.807) is 18.2 Å². The molecule has 0 unspecified atom stereocenters. The molecule has 4 rings (SSSR count). The maximum absolute atomic E-state index is 12.8. The van der Waals surface area contributed by atoms with Crippen molar-refractivity contribution in [3.05, 3.63) is 95.6 Å². The van der Waals surface area contributed by atoms with Crippen LogP contribution in [0.3, 0.4) is 0 Å². The molecular weight excluding hydrogens is 419 g/mol. The molecule has 3 aromatic carbocycles. The van der Waals surface area contributed by atoms with E-state index in [0.717, 1.165) is 18.6 Å². The monoisotopic (exact) mass is 439 g/mol. The lowest BCUT2D eigenvalue weighted by Crippen LogP contribution is -2.20. The van der Waals surface area contributed by atoms with Crippen LogP contribution in [-0.4, -0.2) is 24.6 Å². The molecule has 2 N–H and O–H groups in total. The van der Waals surface area contributed by atoms with Crippen molar-refractivity contribution < 1.29 is 22.7 Å². The molecule has 8 heteroatoms. The lowest BCUT2D eigenvalue weighted by molar-refractivity contribution is -0.137. The molecule has 0 radical (unpaired) electrons. The Bertz CT molecular complexity index is 1130. The number of nitrogens with one attached hydrogen (secondary N) is 2. The zero-order chi connectivity index (χ0) is 22.6. The molecule has 0 saturated heterocycles. The summed E-state index contributed by atoms with van der Waals surface area (Å²) in [5, 5.41) is 5.04. The van der Waals surface area contributed by atoms with Crippen molar-refractivity contribution in [2.45, 2.75) is 18.6 Å². The molecule has 3 aromatic rings. The number of carbonyl (C=O) groups excluding carboxylic acids is 1. The van der Waals surface area contributed by atoms with Gasteiger partial charge in [-0.2, -0.15) is 13.2 Å². The molecule has 1 aliphatic heterocycles. The molecule has 0 spiro atoms. The van der Waals surface area contributed by atoms with Gasteiger partial charge in [-0.25, -0.2) is 9.79 Å². The van der Waals surface area contributed by atoms with Gasteiger partial charge in [-0.1, -0.05) is 42.5 Å². The normalized spacial score (nSPS) is 15.6. The summed E-state index contributed by atoms with van der Waals surface area (Å²) < 4.78 is 44.3. The van der Waals surface area contributed by atoms with Gasteiger partial charge >= 0.3 is 12.2 Å². The van der Waals surface area contributed by atoms with Crippen molar-refractivity contribution in [1.29, 1.82) is 0 Å². The van der Waals surface area contributed by atoms with E-state index in [9.17, 15) is 18.0 Å². The third-order valence-corrected chi connectivity index (χ3v) is 4.84. The summed E-state index contributed by atoms with van der Waals surface area (Å²) in [4.78, 5) is 16.9. The highest BCUT2D eigenvalue weighted by molar-refractivity contribution is 6.01. The zero-order valence-electron chi connectivity index (χ0n) is 16.9. The third-order valence-electron chi connectivity index (χ3n) is 4.84. The first-order valence-electron chi connectivity index (χ1n) is 9.97. The van der Waals surface area contributed by atoms with Gasteiger partial charge in [0.05, 0.1) is 11.6 Å². The first-order valence-corrected chi connectivity index (χ1v) is 9.97. The van der Waals surface area contributed by atoms with Crippen LogP contribution < -0.4 is 10.6 Å². The van der Waals surface area contributed by atoms with Crippen molar-refractivity contribution in [2.24, 2.45) is 4.99 Å². The van der Waals surface area contributed by atoms with Gasteiger partial charge in [-0.15, -0.1) is 0 Å². The van der Waals surface area contributed by atoms with Gasteiger partial charge in [0.2, 0.25) is 5.90 Å². The summed E-state index contributed by atoms with van der Waals surface area (Å²) in [6, 6.07) is 20.7. The second-order valence-electron chi connectivity index (χ2n) is 7.33. The average Bonchev–Trinajstić information content (AvgIpc) is 3.23. The van der Waals surface area contributed by atoms with Crippen LogP contribution in [0.2, 0.25) is 0 Å². The number of carbonyl (C=O) groups is 1. The minimum absolute atomic E-state index is 0.00761. The lowest BCUT2D eigenvalue weighted by Gasteiger charge is -2.11. The standard InChI is InChI=1S/C24H20F3N3O2/c25-24(26,27)18-9-5-11-20(14-18)30-23(31)29-19-10-4-8-17(13-19)22-28-21(15-32-22)12-16-6-2-1-3-7-16/h1-11,13-14,21H,12,15H2,(H2,29,30,31)/t21-/m0/s1. The molecule has 0 aliphatic carbocycles. The average molecular weight is 439 g/mol. The van der Waals surface area contributed by atoms with Crippen LogP contribution >= 0.6 is 0 Å². The van der Waals surface area contributed by atoms with Crippen molar-refractivity contribution in [3.63, 3.8) is 0 Å². The molecule has 2 amide bonds. The maximum atomic E-state index is 12.8.